The second-order valence-electron chi connectivity index (χ2n) is 5.86. The van der Waals surface area contributed by atoms with Crippen molar-refractivity contribution in [2.24, 2.45) is 0 Å². The Labute approximate surface area is 139 Å². The number of aliphatic hydroxyl groups excluding tert-OH is 1. The molecule has 0 spiro atoms. The number of halogens is 1. The van der Waals surface area contributed by atoms with Gasteiger partial charge in [-0.05, 0) is 50.1 Å². The van der Waals surface area contributed by atoms with Crippen LogP contribution in [0.4, 0.5) is 4.39 Å². The van der Waals surface area contributed by atoms with Crippen molar-refractivity contribution in [2.45, 2.75) is 39.8 Å². The van der Waals surface area contributed by atoms with Crippen molar-refractivity contribution in [3.05, 3.63) is 58.8 Å². The molecule has 3 aromatic rings. The van der Waals surface area contributed by atoms with Crippen LogP contribution < -0.4 is 0 Å². The standard InChI is InChI=1S/C18H20FN3O2/c1-4-22-10-13(9-20-22)7-16-11(2)21-24-18(16)15-6-5-14(19)8-17(15)12(3)23/h5-6,8-10,12,23H,4,7H2,1-3H3. The molecule has 0 aliphatic heterocycles. The SMILES string of the molecule is CCn1cc(Cc2c(C)noc2-c2ccc(F)cc2C(C)O)cn1. The number of rotatable bonds is 5. The molecule has 0 saturated heterocycles. The average Bonchev–Trinajstić information content (AvgIpc) is 3.15. The van der Waals surface area contributed by atoms with E-state index in [1.54, 1.807) is 13.0 Å². The molecule has 1 atom stereocenters. The van der Waals surface area contributed by atoms with E-state index in [0.717, 1.165) is 23.4 Å². The highest BCUT2D eigenvalue weighted by molar-refractivity contribution is 5.67. The van der Waals surface area contributed by atoms with Gasteiger partial charge in [0.1, 0.15) is 5.82 Å². The third kappa shape index (κ3) is 3.10. The van der Waals surface area contributed by atoms with Crippen molar-refractivity contribution in [3.8, 4) is 11.3 Å². The van der Waals surface area contributed by atoms with E-state index in [1.165, 1.54) is 12.1 Å². The predicted octanol–water partition coefficient (Wildman–Crippen LogP) is 3.65. The van der Waals surface area contributed by atoms with Gasteiger partial charge < -0.3 is 9.63 Å². The van der Waals surface area contributed by atoms with Crippen LogP contribution in [0.2, 0.25) is 0 Å². The summed E-state index contributed by atoms with van der Waals surface area (Å²) in [5.74, 6) is 0.171. The Hall–Kier alpha value is -2.47. The van der Waals surface area contributed by atoms with E-state index < -0.39 is 11.9 Å². The molecule has 0 aliphatic rings. The number of hydrogen-bond acceptors (Lipinski definition) is 4. The zero-order valence-corrected chi connectivity index (χ0v) is 14.0. The van der Waals surface area contributed by atoms with Crippen LogP contribution in [-0.4, -0.2) is 20.0 Å². The monoisotopic (exact) mass is 329 g/mol. The Morgan fingerprint density at radius 3 is 2.83 bits per heavy atom. The van der Waals surface area contributed by atoms with E-state index in [1.807, 2.05) is 30.9 Å². The quantitative estimate of drug-likeness (QED) is 0.776. The van der Waals surface area contributed by atoms with E-state index in [2.05, 4.69) is 10.3 Å². The Morgan fingerprint density at radius 1 is 1.38 bits per heavy atom. The fourth-order valence-electron chi connectivity index (χ4n) is 2.77. The van der Waals surface area contributed by atoms with Gasteiger partial charge in [-0.15, -0.1) is 0 Å². The van der Waals surface area contributed by atoms with Gasteiger partial charge in [0, 0.05) is 30.3 Å². The summed E-state index contributed by atoms with van der Waals surface area (Å²) in [4.78, 5) is 0. The van der Waals surface area contributed by atoms with Crippen molar-refractivity contribution < 1.29 is 14.0 Å². The number of nitrogens with zero attached hydrogens (tertiary/aromatic N) is 3. The molecular weight excluding hydrogens is 309 g/mol. The minimum atomic E-state index is -0.809. The van der Waals surface area contributed by atoms with E-state index in [0.29, 0.717) is 23.3 Å². The zero-order chi connectivity index (χ0) is 17.3. The van der Waals surface area contributed by atoms with Gasteiger partial charge in [0.05, 0.1) is 18.0 Å². The summed E-state index contributed by atoms with van der Waals surface area (Å²) in [6, 6.07) is 4.31. The third-order valence-corrected chi connectivity index (χ3v) is 4.08. The second-order valence-corrected chi connectivity index (χ2v) is 5.86. The predicted molar refractivity (Wildman–Crippen MR) is 88.0 cm³/mol. The lowest BCUT2D eigenvalue weighted by Gasteiger charge is -2.11. The Morgan fingerprint density at radius 2 is 2.17 bits per heavy atom. The van der Waals surface area contributed by atoms with Gasteiger partial charge in [-0.1, -0.05) is 5.16 Å². The molecule has 5 nitrogen and oxygen atoms in total. The van der Waals surface area contributed by atoms with Crippen LogP contribution in [0.5, 0.6) is 0 Å². The maximum atomic E-state index is 13.5. The van der Waals surface area contributed by atoms with Crippen LogP contribution in [0.1, 0.15) is 42.3 Å². The number of aromatic nitrogens is 3. The van der Waals surface area contributed by atoms with Crippen molar-refractivity contribution in [3.63, 3.8) is 0 Å². The summed E-state index contributed by atoms with van der Waals surface area (Å²) in [7, 11) is 0. The lowest BCUT2D eigenvalue weighted by molar-refractivity contribution is 0.199. The summed E-state index contributed by atoms with van der Waals surface area (Å²) >= 11 is 0. The number of hydrogen-bond donors (Lipinski definition) is 1. The summed E-state index contributed by atoms with van der Waals surface area (Å²) in [5.41, 5.74) is 3.88. The molecule has 6 heteroatoms. The summed E-state index contributed by atoms with van der Waals surface area (Å²) in [5, 5.41) is 18.3. The van der Waals surface area contributed by atoms with E-state index in [9.17, 15) is 9.50 Å². The Kier molecular flexibility index (Phi) is 4.49. The molecule has 0 radical (unpaired) electrons. The van der Waals surface area contributed by atoms with Crippen molar-refractivity contribution in [1.82, 2.24) is 14.9 Å². The normalized spacial score (nSPS) is 12.5. The van der Waals surface area contributed by atoms with Gasteiger partial charge in [-0.3, -0.25) is 4.68 Å². The van der Waals surface area contributed by atoms with Crippen LogP contribution in [-0.2, 0) is 13.0 Å². The molecule has 24 heavy (non-hydrogen) atoms. The number of aryl methyl sites for hydroxylation is 2. The van der Waals surface area contributed by atoms with Crippen LogP contribution in [0.3, 0.4) is 0 Å². The Balaban J connectivity index is 2.04. The largest absolute Gasteiger partial charge is 0.389 e. The minimum Gasteiger partial charge on any atom is -0.389 e. The molecule has 2 aromatic heterocycles. The summed E-state index contributed by atoms with van der Waals surface area (Å²) in [6.07, 6.45) is 3.61. The van der Waals surface area contributed by atoms with E-state index in [-0.39, 0.29) is 0 Å². The molecule has 0 bridgehead atoms. The first-order chi connectivity index (χ1) is 11.5. The molecule has 126 valence electrons. The molecular formula is C18H20FN3O2. The molecule has 1 unspecified atom stereocenters. The smallest absolute Gasteiger partial charge is 0.171 e. The maximum absolute atomic E-state index is 13.5. The molecule has 0 aliphatic carbocycles. The average molecular weight is 329 g/mol. The number of benzene rings is 1. The summed E-state index contributed by atoms with van der Waals surface area (Å²) in [6.45, 7) is 6.31. The highest BCUT2D eigenvalue weighted by Crippen LogP contribution is 2.33. The van der Waals surface area contributed by atoms with Crippen molar-refractivity contribution >= 4 is 0 Å². The van der Waals surface area contributed by atoms with Gasteiger partial charge >= 0.3 is 0 Å². The Bertz CT molecular complexity index is 852. The van der Waals surface area contributed by atoms with Crippen molar-refractivity contribution in [1.29, 1.82) is 0 Å². The third-order valence-electron chi connectivity index (χ3n) is 4.08. The molecule has 0 fully saturated rings. The minimum absolute atomic E-state index is 0.392. The zero-order valence-electron chi connectivity index (χ0n) is 14.0. The second kappa shape index (κ2) is 6.57. The van der Waals surface area contributed by atoms with Gasteiger partial charge in [0.25, 0.3) is 0 Å². The highest BCUT2D eigenvalue weighted by Gasteiger charge is 2.20. The van der Waals surface area contributed by atoms with Gasteiger partial charge in [0.15, 0.2) is 5.76 Å². The molecule has 1 aromatic carbocycles. The number of aliphatic hydroxyl groups is 1. The molecule has 2 heterocycles. The lowest BCUT2D eigenvalue weighted by Crippen LogP contribution is -1.98. The van der Waals surface area contributed by atoms with E-state index >= 15 is 0 Å². The fraction of sp³-hybridized carbons (Fsp3) is 0.333. The first-order valence-corrected chi connectivity index (χ1v) is 7.94. The van der Waals surface area contributed by atoms with E-state index in [4.69, 9.17) is 4.52 Å². The van der Waals surface area contributed by atoms with Crippen LogP contribution >= 0.6 is 0 Å². The molecule has 0 saturated carbocycles. The van der Waals surface area contributed by atoms with Crippen molar-refractivity contribution in [2.75, 3.05) is 0 Å². The first-order valence-electron chi connectivity index (χ1n) is 7.94. The molecule has 1 N–H and O–H groups in total. The lowest BCUT2D eigenvalue weighted by atomic mass is 9.96. The molecule has 0 amide bonds. The maximum Gasteiger partial charge on any atom is 0.171 e. The van der Waals surface area contributed by atoms with Crippen LogP contribution in [0.25, 0.3) is 11.3 Å². The fourth-order valence-corrected chi connectivity index (χ4v) is 2.77. The summed E-state index contributed by atoms with van der Waals surface area (Å²) < 4.78 is 20.9. The topological polar surface area (TPSA) is 64.1 Å². The first kappa shape index (κ1) is 16.4. The highest BCUT2D eigenvalue weighted by atomic mass is 19.1. The van der Waals surface area contributed by atoms with Gasteiger partial charge in [-0.2, -0.15) is 5.10 Å². The molecule has 3 rings (SSSR count). The van der Waals surface area contributed by atoms with Gasteiger partial charge in [0.2, 0.25) is 0 Å². The van der Waals surface area contributed by atoms with Gasteiger partial charge in [-0.25, -0.2) is 4.39 Å². The van der Waals surface area contributed by atoms with Crippen LogP contribution in [0, 0.1) is 12.7 Å². The van der Waals surface area contributed by atoms with Crippen LogP contribution in [0.15, 0.2) is 35.1 Å².